The molecule has 0 spiro atoms. The molecular weight excluding hydrogens is 432 g/mol. The number of carboxylic acid groups (broad SMARTS) is 1. The van der Waals surface area contributed by atoms with Crippen molar-refractivity contribution >= 4 is 60.1 Å². The molecule has 0 atom stereocenters. The lowest BCUT2D eigenvalue weighted by Crippen LogP contribution is -2.17. The van der Waals surface area contributed by atoms with Crippen LogP contribution in [0.5, 0.6) is 0 Å². The number of carbonyl (C=O) groups is 1. The number of hydrogen-bond acceptors (Lipinski definition) is 7. The van der Waals surface area contributed by atoms with Crippen molar-refractivity contribution < 1.29 is 26.7 Å². The Morgan fingerprint density at radius 1 is 0.815 bits per heavy atom. The highest BCUT2D eigenvalue weighted by molar-refractivity contribution is 7.95. The lowest BCUT2D eigenvalue weighted by atomic mass is 10.2. The van der Waals surface area contributed by atoms with E-state index in [-0.39, 0.29) is 25.4 Å². The van der Waals surface area contributed by atoms with Crippen LogP contribution in [0.2, 0.25) is 0 Å². The maximum atomic E-state index is 12.5. The summed E-state index contributed by atoms with van der Waals surface area (Å²) in [7, 11) is -7.95. The summed E-state index contributed by atoms with van der Waals surface area (Å²) in [6, 6.07) is 9.32. The molecule has 1 aromatic carbocycles. The zero-order valence-electron chi connectivity index (χ0n) is 13.3. The largest absolute Gasteiger partial charge is 0.478 e. The third-order valence-electron chi connectivity index (χ3n) is 3.28. The summed E-state index contributed by atoms with van der Waals surface area (Å²) in [5, 5.41) is 12.3. The zero-order valence-corrected chi connectivity index (χ0v) is 16.6. The van der Waals surface area contributed by atoms with Gasteiger partial charge in [-0.3, -0.25) is 9.44 Å². The smallest absolute Gasteiger partial charge is 0.335 e. The van der Waals surface area contributed by atoms with Gasteiger partial charge in [-0.05, 0) is 41.1 Å². The number of nitrogens with one attached hydrogen (secondary N) is 2. The van der Waals surface area contributed by atoms with Crippen LogP contribution in [0.15, 0.2) is 61.6 Å². The van der Waals surface area contributed by atoms with Crippen LogP contribution in [-0.2, 0) is 20.0 Å². The number of sulfonamides is 2. The first-order valence-electron chi connectivity index (χ1n) is 7.19. The Morgan fingerprint density at radius 2 is 1.33 bits per heavy atom. The van der Waals surface area contributed by atoms with Gasteiger partial charge in [0, 0.05) is 0 Å². The van der Waals surface area contributed by atoms with Crippen molar-refractivity contribution in [3.63, 3.8) is 0 Å². The summed E-state index contributed by atoms with van der Waals surface area (Å²) in [6.07, 6.45) is 0. The van der Waals surface area contributed by atoms with Gasteiger partial charge in [0.1, 0.15) is 8.42 Å². The van der Waals surface area contributed by atoms with Crippen molar-refractivity contribution in [1.82, 2.24) is 0 Å². The Bertz CT molecular complexity index is 1170. The Labute approximate surface area is 163 Å². The van der Waals surface area contributed by atoms with Gasteiger partial charge in [-0.2, -0.15) is 0 Å². The van der Waals surface area contributed by atoms with Crippen LogP contribution in [0.3, 0.4) is 0 Å². The highest BCUT2D eigenvalue weighted by Crippen LogP contribution is 2.30. The highest BCUT2D eigenvalue weighted by atomic mass is 32.3. The summed E-state index contributed by atoms with van der Waals surface area (Å²) in [5.41, 5.74) is -0.477. The van der Waals surface area contributed by atoms with E-state index >= 15 is 0 Å². The molecule has 2 heterocycles. The predicted molar refractivity (Wildman–Crippen MR) is 104 cm³/mol. The average molecular weight is 445 g/mol. The second kappa shape index (κ2) is 7.31. The van der Waals surface area contributed by atoms with Crippen molar-refractivity contribution in [3.05, 3.63) is 58.8 Å². The van der Waals surface area contributed by atoms with Gasteiger partial charge in [-0.1, -0.05) is 12.1 Å². The van der Waals surface area contributed by atoms with Crippen molar-refractivity contribution in [2.24, 2.45) is 0 Å². The first-order valence-corrected chi connectivity index (χ1v) is 11.9. The van der Waals surface area contributed by atoms with Crippen LogP contribution >= 0.6 is 22.7 Å². The van der Waals surface area contributed by atoms with E-state index in [0.29, 0.717) is 0 Å². The molecule has 0 radical (unpaired) electrons. The van der Waals surface area contributed by atoms with E-state index in [9.17, 15) is 21.6 Å². The Balaban J connectivity index is 2.03. The van der Waals surface area contributed by atoms with Gasteiger partial charge in [0.2, 0.25) is 0 Å². The fourth-order valence-corrected chi connectivity index (χ4v) is 6.21. The fourth-order valence-electron chi connectivity index (χ4n) is 2.07. The molecule has 8 nitrogen and oxygen atoms in total. The van der Waals surface area contributed by atoms with Crippen LogP contribution in [0, 0.1) is 0 Å². The maximum absolute atomic E-state index is 12.5. The molecule has 0 unspecified atom stereocenters. The molecule has 0 aliphatic carbocycles. The Hall–Kier alpha value is -2.41. The minimum absolute atomic E-state index is 0.00953. The molecule has 0 saturated heterocycles. The first kappa shape index (κ1) is 19.4. The maximum Gasteiger partial charge on any atom is 0.335 e. The van der Waals surface area contributed by atoms with Crippen molar-refractivity contribution in [3.8, 4) is 0 Å². The summed E-state index contributed by atoms with van der Waals surface area (Å²) in [6.45, 7) is 0. The molecule has 12 heteroatoms. The van der Waals surface area contributed by atoms with E-state index in [1.165, 1.54) is 24.3 Å². The van der Waals surface area contributed by atoms with Crippen molar-refractivity contribution in [2.45, 2.75) is 8.42 Å². The molecule has 0 aliphatic rings. The molecule has 0 fully saturated rings. The monoisotopic (exact) mass is 444 g/mol. The topological polar surface area (TPSA) is 130 Å². The van der Waals surface area contributed by atoms with Gasteiger partial charge in [-0.25, -0.2) is 21.6 Å². The van der Waals surface area contributed by atoms with Crippen molar-refractivity contribution in [1.29, 1.82) is 0 Å². The normalized spacial score (nSPS) is 11.9. The molecule has 2 aromatic heterocycles. The van der Waals surface area contributed by atoms with Crippen LogP contribution in [0.4, 0.5) is 11.4 Å². The van der Waals surface area contributed by atoms with Gasteiger partial charge in [0.05, 0.1) is 16.9 Å². The van der Waals surface area contributed by atoms with Gasteiger partial charge >= 0.3 is 5.97 Å². The average Bonchev–Trinajstić information content (AvgIpc) is 3.30. The number of hydrogen-bond donors (Lipinski definition) is 3. The van der Waals surface area contributed by atoms with Gasteiger partial charge < -0.3 is 5.11 Å². The standard InChI is InChI=1S/C15H12N2O6S4/c18-15(19)10-5-6-11(16-26(20,21)13-3-1-7-24-13)12(9-10)17-27(22,23)14-4-2-8-25-14/h1-9,16-17H,(H,18,19). The van der Waals surface area contributed by atoms with E-state index in [0.717, 1.165) is 28.7 Å². The summed E-state index contributed by atoms with van der Waals surface area (Å²) < 4.78 is 54.4. The fraction of sp³-hybridized carbons (Fsp3) is 0. The summed E-state index contributed by atoms with van der Waals surface area (Å²) in [4.78, 5) is 11.2. The molecule has 3 rings (SSSR count). The Morgan fingerprint density at radius 3 is 1.78 bits per heavy atom. The second-order valence-corrected chi connectivity index (χ2v) is 10.9. The lowest BCUT2D eigenvalue weighted by Gasteiger charge is -2.14. The minimum atomic E-state index is -4.00. The van der Waals surface area contributed by atoms with E-state index in [2.05, 4.69) is 9.44 Å². The number of aromatic carboxylic acids is 1. The molecule has 0 saturated carbocycles. The van der Waals surface area contributed by atoms with E-state index in [4.69, 9.17) is 5.11 Å². The number of thiophene rings is 2. The molecular formula is C15H12N2O6S4. The number of anilines is 2. The summed E-state index contributed by atoms with van der Waals surface area (Å²) in [5.74, 6) is -1.28. The molecule has 0 aliphatic heterocycles. The first-order chi connectivity index (χ1) is 12.7. The number of benzene rings is 1. The number of carboxylic acids is 1. The predicted octanol–water partition coefficient (Wildman–Crippen LogP) is 3.11. The molecule has 3 aromatic rings. The number of rotatable bonds is 7. The van der Waals surface area contributed by atoms with Crippen LogP contribution in [0.25, 0.3) is 0 Å². The molecule has 3 N–H and O–H groups in total. The highest BCUT2D eigenvalue weighted by Gasteiger charge is 2.22. The molecule has 27 heavy (non-hydrogen) atoms. The van der Waals surface area contributed by atoms with E-state index in [1.807, 2.05) is 0 Å². The van der Waals surface area contributed by atoms with Crippen LogP contribution < -0.4 is 9.44 Å². The van der Waals surface area contributed by atoms with Crippen LogP contribution in [-0.4, -0.2) is 27.9 Å². The van der Waals surface area contributed by atoms with E-state index < -0.39 is 26.0 Å². The van der Waals surface area contributed by atoms with Crippen LogP contribution in [0.1, 0.15) is 10.4 Å². The van der Waals surface area contributed by atoms with E-state index in [1.54, 1.807) is 22.9 Å². The SMILES string of the molecule is O=C(O)c1ccc(NS(=O)(=O)c2cccs2)c(NS(=O)(=O)c2cccs2)c1. The quantitative estimate of drug-likeness (QED) is 0.513. The molecule has 0 bridgehead atoms. The zero-order chi connectivity index (χ0) is 19.7. The van der Waals surface area contributed by atoms with Gasteiger partial charge in [-0.15, -0.1) is 22.7 Å². The second-order valence-electron chi connectivity index (χ2n) is 5.14. The molecule has 142 valence electrons. The Kier molecular flexibility index (Phi) is 5.24. The van der Waals surface area contributed by atoms with Crippen molar-refractivity contribution in [2.75, 3.05) is 9.44 Å². The third kappa shape index (κ3) is 4.30. The molecule has 0 amide bonds. The van der Waals surface area contributed by atoms with Gasteiger partial charge in [0.15, 0.2) is 0 Å². The van der Waals surface area contributed by atoms with Gasteiger partial charge in [0.25, 0.3) is 20.0 Å². The minimum Gasteiger partial charge on any atom is -0.478 e. The summed E-state index contributed by atoms with van der Waals surface area (Å²) >= 11 is 1.97. The third-order valence-corrected chi connectivity index (χ3v) is 8.80. The lowest BCUT2D eigenvalue weighted by molar-refractivity contribution is 0.0697.